The molecule has 1 rings (SSSR count). The first kappa shape index (κ1) is 12.6. The topological polar surface area (TPSA) is 97.5 Å². The van der Waals surface area contributed by atoms with Gasteiger partial charge in [-0.25, -0.2) is 12.8 Å². The van der Waals surface area contributed by atoms with Crippen molar-refractivity contribution in [2.75, 3.05) is 6.26 Å². The summed E-state index contributed by atoms with van der Waals surface area (Å²) in [5.74, 6) is -2.33. The first-order valence-corrected chi connectivity index (χ1v) is 6.10. The normalized spacial score (nSPS) is 13.4. The van der Waals surface area contributed by atoms with E-state index >= 15 is 0 Å². The van der Waals surface area contributed by atoms with Gasteiger partial charge in [-0.05, 0) is 12.1 Å². The van der Waals surface area contributed by atoms with Gasteiger partial charge in [0.15, 0.2) is 9.84 Å². The number of halogens is 1. The summed E-state index contributed by atoms with van der Waals surface area (Å²) in [6, 6.07) is 1.43. The number of hydrogen-bond donors (Lipinski definition) is 2. The molecular weight excluding hydrogens is 237 g/mol. The van der Waals surface area contributed by atoms with E-state index in [1.165, 1.54) is 0 Å². The number of carbonyl (C=O) groups is 1. The predicted molar refractivity (Wildman–Crippen MR) is 54.1 cm³/mol. The summed E-state index contributed by atoms with van der Waals surface area (Å²) in [5.41, 5.74) is 4.96. The van der Waals surface area contributed by atoms with Crippen molar-refractivity contribution in [2.24, 2.45) is 5.73 Å². The van der Waals surface area contributed by atoms with Gasteiger partial charge in [-0.3, -0.25) is 4.79 Å². The Morgan fingerprint density at radius 2 is 2.06 bits per heavy atom. The molecule has 3 N–H and O–H groups in total. The molecule has 5 nitrogen and oxygen atoms in total. The number of benzene rings is 1. The SMILES string of the molecule is CS(=O)(=O)c1ccc(C(N)C(=O)O)c(F)c1. The van der Waals surface area contributed by atoms with E-state index in [-0.39, 0.29) is 10.5 Å². The van der Waals surface area contributed by atoms with Crippen molar-refractivity contribution >= 4 is 15.8 Å². The minimum absolute atomic E-state index is 0.216. The third-order valence-corrected chi connectivity index (χ3v) is 3.11. The van der Waals surface area contributed by atoms with Crippen LogP contribution in [0.1, 0.15) is 11.6 Å². The highest BCUT2D eigenvalue weighted by Gasteiger charge is 2.20. The van der Waals surface area contributed by atoms with Crippen molar-refractivity contribution in [3.8, 4) is 0 Å². The van der Waals surface area contributed by atoms with Gasteiger partial charge in [-0.15, -0.1) is 0 Å². The van der Waals surface area contributed by atoms with Crippen molar-refractivity contribution in [3.05, 3.63) is 29.6 Å². The van der Waals surface area contributed by atoms with Gasteiger partial charge in [0, 0.05) is 11.8 Å². The first-order valence-electron chi connectivity index (χ1n) is 4.21. The molecule has 0 fully saturated rings. The van der Waals surface area contributed by atoms with Gasteiger partial charge < -0.3 is 10.8 Å². The van der Waals surface area contributed by atoms with E-state index in [2.05, 4.69) is 0 Å². The van der Waals surface area contributed by atoms with Gasteiger partial charge in [0.2, 0.25) is 0 Å². The molecule has 1 atom stereocenters. The lowest BCUT2D eigenvalue weighted by Gasteiger charge is -2.08. The molecule has 1 aromatic rings. The molecule has 0 saturated heterocycles. The van der Waals surface area contributed by atoms with Crippen molar-refractivity contribution in [3.63, 3.8) is 0 Å². The second-order valence-electron chi connectivity index (χ2n) is 3.27. The highest BCUT2D eigenvalue weighted by Crippen LogP contribution is 2.19. The van der Waals surface area contributed by atoms with Crippen LogP contribution in [0.25, 0.3) is 0 Å². The Bertz CT molecular complexity index is 526. The Kier molecular flexibility index (Phi) is 3.30. The van der Waals surface area contributed by atoms with Crippen LogP contribution < -0.4 is 5.73 Å². The van der Waals surface area contributed by atoms with Crippen LogP contribution in [-0.2, 0) is 14.6 Å². The molecule has 0 saturated carbocycles. The summed E-state index contributed by atoms with van der Waals surface area (Å²) in [4.78, 5) is 10.3. The average Bonchev–Trinajstić information content (AvgIpc) is 2.15. The Morgan fingerprint density at radius 3 is 2.44 bits per heavy atom. The molecule has 1 unspecified atom stereocenters. The minimum atomic E-state index is -3.52. The number of sulfone groups is 1. The van der Waals surface area contributed by atoms with Crippen LogP contribution in [0.3, 0.4) is 0 Å². The van der Waals surface area contributed by atoms with Gasteiger partial charge in [0.1, 0.15) is 11.9 Å². The van der Waals surface area contributed by atoms with Gasteiger partial charge >= 0.3 is 5.97 Å². The monoisotopic (exact) mass is 247 g/mol. The predicted octanol–water partition coefficient (Wildman–Crippen LogP) is 0.314. The van der Waals surface area contributed by atoms with Crippen LogP contribution >= 0.6 is 0 Å². The van der Waals surface area contributed by atoms with Gasteiger partial charge in [-0.2, -0.15) is 0 Å². The third kappa shape index (κ3) is 2.56. The maximum Gasteiger partial charge on any atom is 0.325 e. The first-order chi connectivity index (χ1) is 7.23. The van der Waals surface area contributed by atoms with Crippen molar-refractivity contribution in [1.29, 1.82) is 0 Å². The maximum absolute atomic E-state index is 13.4. The number of carboxylic acid groups (broad SMARTS) is 1. The Balaban J connectivity index is 3.25. The Morgan fingerprint density at radius 1 is 1.50 bits per heavy atom. The fourth-order valence-electron chi connectivity index (χ4n) is 1.12. The quantitative estimate of drug-likeness (QED) is 0.801. The van der Waals surface area contributed by atoms with E-state index in [9.17, 15) is 17.6 Å². The lowest BCUT2D eigenvalue weighted by atomic mass is 10.1. The summed E-state index contributed by atoms with van der Waals surface area (Å²) in [7, 11) is -3.52. The zero-order valence-corrected chi connectivity index (χ0v) is 9.16. The summed E-state index contributed by atoms with van der Waals surface area (Å²) in [6.07, 6.45) is 0.929. The molecule has 0 aliphatic carbocycles. The summed E-state index contributed by atoms with van der Waals surface area (Å²) in [5, 5.41) is 8.58. The van der Waals surface area contributed by atoms with Crippen LogP contribution in [0.5, 0.6) is 0 Å². The van der Waals surface area contributed by atoms with Crippen molar-refractivity contribution in [1.82, 2.24) is 0 Å². The van der Waals surface area contributed by atoms with E-state index < -0.39 is 27.7 Å². The third-order valence-electron chi connectivity index (χ3n) is 2.00. The van der Waals surface area contributed by atoms with Crippen LogP contribution in [0.15, 0.2) is 23.1 Å². The van der Waals surface area contributed by atoms with Crippen molar-refractivity contribution < 1.29 is 22.7 Å². The number of carboxylic acids is 1. The summed E-state index contributed by atoms with van der Waals surface area (Å²) < 4.78 is 35.6. The van der Waals surface area contributed by atoms with E-state index in [0.717, 1.165) is 24.5 Å². The second kappa shape index (κ2) is 4.18. The summed E-state index contributed by atoms with van der Waals surface area (Å²) in [6.45, 7) is 0. The highest BCUT2D eigenvalue weighted by molar-refractivity contribution is 7.90. The van der Waals surface area contributed by atoms with Crippen LogP contribution in [0, 0.1) is 5.82 Å². The standard InChI is InChI=1S/C9H10FNO4S/c1-16(14,15)5-2-3-6(7(10)4-5)8(11)9(12)13/h2-4,8H,11H2,1H3,(H,12,13). The molecule has 0 bridgehead atoms. The molecule has 7 heteroatoms. The Hall–Kier alpha value is -1.47. The fraction of sp³-hybridized carbons (Fsp3) is 0.222. The smallest absolute Gasteiger partial charge is 0.325 e. The largest absolute Gasteiger partial charge is 0.480 e. The van der Waals surface area contributed by atoms with Gasteiger partial charge in [-0.1, -0.05) is 6.07 Å². The maximum atomic E-state index is 13.4. The van der Waals surface area contributed by atoms with Gasteiger partial charge in [0.05, 0.1) is 4.90 Å². The van der Waals surface area contributed by atoms with Gasteiger partial charge in [0.25, 0.3) is 0 Å². The molecule has 88 valence electrons. The zero-order valence-electron chi connectivity index (χ0n) is 8.34. The molecule has 0 amide bonds. The number of rotatable bonds is 3. The van der Waals surface area contributed by atoms with Crippen LogP contribution in [0.2, 0.25) is 0 Å². The average molecular weight is 247 g/mol. The second-order valence-corrected chi connectivity index (χ2v) is 5.29. The number of nitrogens with two attached hydrogens (primary N) is 1. The lowest BCUT2D eigenvalue weighted by Crippen LogP contribution is -2.22. The lowest BCUT2D eigenvalue weighted by molar-refractivity contribution is -0.138. The molecule has 0 aliphatic rings. The molecule has 0 aliphatic heterocycles. The molecule has 1 aromatic carbocycles. The Labute approximate surface area is 91.6 Å². The molecular formula is C9H10FNO4S. The van der Waals surface area contributed by atoms with E-state index in [1.54, 1.807) is 0 Å². The molecule has 16 heavy (non-hydrogen) atoms. The highest BCUT2D eigenvalue weighted by atomic mass is 32.2. The number of aliphatic carboxylic acids is 1. The molecule has 0 heterocycles. The van der Waals surface area contributed by atoms with E-state index in [4.69, 9.17) is 10.8 Å². The van der Waals surface area contributed by atoms with Crippen LogP contribution in [-0.4, -0.2) is 25.7 Å². The zero-order chi connectivity index (χ0) is 12.5. The fourth-order valence-corrected chi connectivity index (χ4v) is 1.76. The van der Waals surface area contributed by atoms with Crippen molar-refractivity contribution in [2.45, 2.75) is 10.9 Å². The van der Waals surface area contributed by atoms with E-state index in [0.29, 0.717) is 0 Å². The summed E-state index contributed by atoms with van der Waals surface area (Å²) >= 11 is 0. The van der Waals surface area contributed by atoms with E-state index in [1.807, 2.05) is 0 Å². The van der Waals surface area contributed by atoms with Crippen LogP contribution in [0.4, 0.5) is 4.39 Å². The molecule has 0 aromatic heterocycles. The molecule has 0 radical (unpaired) electrons. The minimum Gasteiger partial charge on any atom is -0.480 e. The number of hydrogen-bond acceptors (Lipinski definition) is 4. The molecule has 0 spiro atoms.